The lowest BCUT2D eigenvalue weighted by Gasteiger charge is -2.28. The summed E-state index contributed by atoms with van der Waals surface area (Å²) in [6.45, 7) is 9.91. The Morgan fingerprint density at radius 2 is 1.68 bits per heavy atom. The number of ether oxygens (including phenoxy) is 2. The van der Waals surface area contributed by atoms with Gasteiger partial charge in [-0.05, 0) is 34.6 Å². The van der Waals surface area contributed by atoms with Crippen molar-refractivity contribution in [3.8, 4) is 0 Å². The van der Waals surface area contributed by atoms with Crippen LogP contribution < -0.4 is 0 Å². The number of hydrogen-bond donors (Lipinski definition) is 0. The van der Waals surface area contributed by atoms with Gasteiger partial charge in [-0.15, -0.1) is 0 Å². The Hall–Kier alpha value is -2.05. The molecule has 0 spiro atoms. The second-order valence-electron chi connectivity index (χ2n) is 5.48. The van der Waals surface area contributed by atoms with E-state index in [1.807, 2.05) is 18.7 Å². The molecule has 0 N–H and O–H groups in total. The molecule has 0 aromatic rings. The molecule has 0 bridgehead atoms. The molecule has 0 saturated heterocycles. The third kappa shape index (κ3) is 6.60. The van der Waals surface area contributed by atoms with Gasteiger partial charge < -0.3 is 19.2 Å². The molecular weight excluding hydrogens is 288 g/mol. The van der Waals surface area contributed by atoms with Crippen LogP contribution in [0.4, 0.5) is 4.79 Å². The van der Waals surface area contributed by atoms with Gasteiger partial charge in [-0.1, -0.05) is 0 Å². The first kappa shape index (κ1) is 19.9. The van der Waals surface area contributed by atoms with Gasteiger partial charge in [0.15, 0.2) is 0 Å². The van der Waals surface area contributed by atoms with Crippen molar-refractivity contribution in [3.63, 3.8) is 0 Å². The first-order valence-corrected chi connectivity index (χ1v) is 7.18. The molecule has 0 radical (unpaired) electrons. The fraction of sp³-hybridized carbons (Fsp3) is 0.667. The molecule has 0 atom stereocenters. The number of methoxy groups -OCH3 is 1. The lowest BCUT2D eigenvalue weighted by molar-refractivity contribution is -0.138. The average molecular weight is 314 g/mol. The third-order valence-electron chi connectivity index (χ3n) is 2.67. The third-order valence-corrected chi connectivity index (χ3v) is 2.67. The number of esters is 1. The van der Waals surface area contributed by atoms with Gasteiger partial charge in [-0.3, -0.25) is 4.90 Å². The molecule has 0 fully saturated rings. The van der Waals surface area contributed by atoms with Crippen molar-refractivity contribution in [1.29, 1.82) is 0 Å². The van der Waals surface area contributed by atoms with Gasteiger partial charge in [0.1, 0.15) is 17.6 Å². The number of rotatable bonds is 7. The van der Waals surface area contributed by atoms with E-state index in [0.717, 1.165) is 4.90 Å². The van der Waals surface area contributed by atoms with Gasteiger partial charge in [-0.25, -0.2) is 9.59 Å². The van der Waals surface area contributed by atoms with Crippen LogP contribution in [-0.4, -0.2) is 60.5 Å². The summed E-state index contributed by atoms with van der Waals surface area (Å²) in [6, 6.07) is 0. The van der Waals surface area contributed by atoms with Gasteiger partial charge in [0.25, 0.3) is 0 Å². The number of carbonyl (C=O) groups excluding carboxylic acids is 3. The molecule has 0 aliphatic carbocycles. The van der Waals surface area contributed by atoms with Gasteiger partial charge >= 0.3 is 12.1 Å². The van der Waals surface area contributed by atoms with Crippen LogP contribution in [0.1, 0.15) is 34.6 Å². The number of carbonyl (C=O) groups is 3. The van der Waals surface area contributed by atoms with Crippen LogP contribution >= 0.6 is 0 Å². The highest BCUT2D eigenvalue weighted by molar-refractivity contribution is 5.93. The zero-order valence-corrected chi connectivity index (χ0v) is 14.2. The SMILES string of the molecule is CCN(/C=C(\C(=O)OC)N(CC=O)C(=O)OC(C)(C)C)CC. The van der Waals surface area contributed by atoms with Gasteiger partial charge in [0.2, 0.25) is 0 Å². The monoisotopic (exact) mass is 314 g/mol. The summed E-state index contributed by atoms with van der Waals surface area (Å²) in [5.74, 6) is -0.709. The van der Waals surface area contributed by atoms with E-state index in [0.29, 0.717) is 19.4 Å². The molecule has 22 heavy (non-hydrogen) atoms. The number of amides is 1. The minimum atomic E-state index is -0.775. The van der Waals surface area contributed by atoms with Crippen molar-refractivity contribution in [1.82, 2.24) is 9.80 Å². The zero-order valence-electron chi connectivity index (χ0n) is 14.2. The summed E-state index contributed by atoms with van der Waals surface area (Å²) in [5, 5.41) is 0. The van der Waals surface area contributed by atoms with Crippen molar-refractivity contribution in [2.45, 2.75) is 40.2 Å². The van der Waals surface area contributed by atoms with Crippen molar-refractivity contribution >= 4 is 18.3 Å². The van der Waals surface area contributed by atoms with Gasteiger partial charge in [0.05, 0.1) is 13.7 Å². The lowest BCUT2D eigenvalue weighted by atomic mass is 10.2. The molecule has 126 valence electrons. The van der Waals surface area contributed by atoms with E-state index in [9.17, 15) is 14.4 Å². The Kier molecular flexibility index (Phi) is 8.22. The van der Waals surface area contributed by atoms with Crippen molar-refractivity contribution in [2.75, 3.05) is 26.7 Å². The van der Waals surface area contributed by atoms with E-state index in [1.54, 1.807) is 20.8 Å². The molecule has 7 heteroatoms. The quantitative estimate of drug-likeness (QED) is 0.405. The highest BCUT2D eigenvalue weighted by Crippen LogP contribution is 2.15. The van der Waals surface area contributed by atoms with E-state index in [4.69, 9.17) is 9.47 Å². The van der Waals surface area contributed by atoms with Crippen LogP contribution in [-0.2, 0) is 19.1 Å². The molecule has 7 nitrogen and oxygen atoms in total. The molecule has 0 heterocycles. The minimum Gasteiger partial charge on any atom is -0.464 e. The van der Waals surface area contributed by atoms with Crippen molar-refractivity contribution in [2.24, 2.45) is 0 Å². The van der Waals surface area contributed by atoms with E-state index >= 15 is 0 Å². The maximum atomic E-state index is 12.2. The van der Waals surface area contributed by atoms with Crippen LogP contribution in [0, 0.1) is 0 Å². The maximum absolute atomic E-state index is 12.2. The van der Waals surface area contributed by atoms with Crippen LogP contribution in [0.15, 0.2) is 11.9 Å². The topological polar surface area (TPSA) is 76.2 Å². The van der Waals surface area contributed by atoms with Gasteiger partial charge in [-0.2, -0.15) is 0 Å². The number of nitrogens with zero attached hydrogens (tertiary/aromatic N) is 2. The Labute approximate surface area is 131 Å². The Morgan fingerprint density at radius 3 is 2.05 bits per heavy atom. The van der Waals surface area contributed by atoms with Crippen LogP contribution in [0.2, 0.25) is 0 Å². The average Bonchev–Trinajstić information content (AvgIpc) is 2.44. The van der Waals surface area contributed by atoms with Crippen LogP contribution in [0.5, 0.6) is 0 Å². The van der Waals surface area contributed by atoms with Gasteiger partial charge in [0, 0.05) is 19.3 Å². The molecule has 0 rings (SSSR count). The zero-order chi connectivity index (χ0) is 17.3. The molecule has 0 aliphatic rings. The Bertz CT molecular complexity index is 422. The predicted molar refractivity (Wildman–Crippen MR) is 82.0 cm³/mol. The first-order chi connectivity index (χ1) is 10.2. The Morgan fingerprint density at radius 1 is 1.14 bits per heavy atom. The second kappa shape index (κ2) is 9.07. The summed E-state index contributed by atoms with van der Waals surface area (Å²) in [5.41, 5.74) is -0.776. The van der Waals surface area contributed by atoms with E-state index < -0.39 is 17.7 Å². The molecule has 0 aromatic carbocycles. The Balaban J connectivity index is 5.62. The summed E-state index contributed by atoms with van der Waals surface area (Å²) in [7, 11) is 1.21. The molecule has 0 saturated carbocycles. The molecule has 1 amide bonds. The first-order valence-electron chi connectivity index (χ1n) is 7.18. The fourth-order valence-corrected chi connectivity index (χ4v) is 1.58. The highest BCUT2D eigenvalue weighted by atomic mass is 16.6. The summed E-state index contributed by atoms with van der Waals surface area (Å²) in [6.07, 6.45) is 1.26. The van der Waals surface area contributed by atoms with E-state index in [-0.39, 0.29) is 12.2 Å². The molecule has 0 aromatic heterocycles. The lowest BCUT2D eigenvalue weighted by Crippen LogP contribution is -2.40. The minimum absolute atomic E-state index is 0.0347. The van der Waals surface area contributed by atoms with E-state index in [1.165, 1.54) is 13.3 Å². The molecule has 0 unspecified atom stereocenters. The summed E-state index contributed by atoms with van der Waals surface area (Å²) in [4.78, 5) is 37.9. The fourth-order valence-electron chi connectivity index (χ4n) is 1.58. The largest absolute Gasteiger partial charge is 0.464 e. The molecular formula is C15H26N2O5. The standard InChI is InChI=1S/C15H26N2O5/c1-7-16(8-2)11-12(13(19)21-6)17(9-10-18)14(20)22-15(3,4)5/h10-11H,7-9H2,1-6H3/b12-11+. The second-order valence-corrected chi connectivity index (χ2v) is 5.48. The number of hydrogen-bond acceptors (Lipinski definition) is 6. The molecule has 0 aliphatic heterocycles. The smallest absolute Gasteiger partial charge is 0.415 e. The number of aldehydes is 1. The normalized spacial score (nSPS) is 11.6. The predicted octanol–water partition coefficient (Wildman–Crippen LogP) is 1.78. The summed E-state index contributed by atoms with van der Waals surface area (Å²) >= 11 is 0. The maximum Gasteiger partial charge on any atom is 0.415 e. The summed E-state index contributed by atoms with van der Waals surface area (Å²) < 4.78 is 9.95. The van der Waals surface area contributed by atoms with Crippen LogP contribution in [0.3, 0.4) is 0 Å². The van der Waals surface area contributed by atoms with Crippen molar-refractivity contribution in [3.05, 3.63) is 11.9 Å². The van der Waals surface area contributed by atoms with Crippen LogP contribution in [0.25, 0.3) is 0 Å². The van der Waals surface area contributed by atoms with E-state index in [2.05, 4.69) is 0 Å². The highest BCUT2D eigenvalue weighted by Gasteiger charge is 2.29. The van der Waals surface area contributed by atoms with Crippen molar-refractivity contribution < 1.29 is 23.9 Å².